The molecule has 1 aromatic carbocycles. The second-order valence-electron chi connectivity index (χ2n) is 4.60. The summed E-state index contributed by atoms with van der Waals surface area (Å²) in [4.78, 5) is 32.4. The molecule has 0 radical (unpaired) electrons. The molecule has 2 aromatic rings. The Labute approximate surface area is 119 Å². The summed E-state index contributed by atoms with van der Waals surface area (Å²) in [6.07, 6.45) is 0.361. The van der Waals surface area contributed by atoms with E-state index >= 15 is 0 Å². The maximum absolute atomic E-state index is 12.9. The summed E-state index contributed by atoms with van der Waals surface area (Å²) in [5.74, 6) is -0.772. The van der Waals surface area contributed by atoms with E-state index < -0.39 is 11.6 Å². The molecule has 0 saturated heterocycles. The van der Waals surface area contributed by atoms with Crippen LogP contribution in [-0.4, -0.2) is 22.3 Å². The molecule has 106 valence electrons. The highest BCUT2D eigenvalue weighted by Crippen LogP contribution is 2.23. The van der Waals surface area contributed by atoms with E-state index in [0.717, 1.165) is 0 Å². The lowest BCUT2D eigenvalue weighted by Gasteiger charge is -2.09. The lowest BCUT2D eigenvalue weighted by atomic mass is 9.97. The molecule has 0 spiro atoms. The van der Waals surface area contributed by atoms with Crippen LogP contribution < -0.4 is 0 Å². The Hall–Kier alpha value is -2.63. The van der Waals surface area contributed by atoms with Crippen molar-refractivity contribution in [2.45, 2.75) is 19.8 Å². The van der Waals surface area contributed by atoms with E-state index in [2.05, 4.69) is 9.98 Å². The number of benzene rings is 1. The fraction of sp³-hybridized carbons (Fsp3) is 0.200. The van der Waals surface area contributed by atoms with Crippen LogP contribution in [-0.2, 0) is 6.42 Å². The highest BCUT2D eigenvalue weighted by Gasteiger charge is 2.34. The monoisotopic (exact) mass is 286 g/mol. The number of ketones is 2. The van der Waals surface area contributed by atoms with Crippen LogP contribution in [0.5, 0.6) is 0 Å². The zero-order valence-electron chi connectivity index (χ0n) is 11.2. The SMILES string of the molecule is CCc1nc2c(o1)C(=O)CC(=Nc1ccc(F)cc1)C2=O. The Morgan fingerprint density at radius 1 is 1.29 bits per heavy atom. The molecular weight excluding hydrogens is 275 g/mol. The molecule has 0 N–H and O–H groups in total. The van der Waals surface area contributed by atoms with Crippen LogP contribution in [0.25, 0.3) is 0 Å². The van der Waals surface area contributed by atoms with Gasteiger partial charge in [0.25, 0.3) is 0 Å². The van der Waals surface area contributed by atoms with Crippen molar-refractivity contribution in [3.05, 3.63) is 47.4 Å². The van der Waals surface area contributed by atoms with Gasteiger partial charge in [0.15, 0.2) is 11.6 Å². The summed E-state index contributed by atoms with van der Waals surface area (Å²) in [5.41, 5.74) is 0.522. The van der Waals surface area contributed by atoms with Crippen molar-refractivity contribution >= 4 is 23.0 Å². The number of oxazole rings is 1. The molecule has 21 heavy (non-hydrogen) atoms. The lowest BCUT2D eigenvalue weighted by Crippen LogP contribution is -2.26. The topological polar surface area (TPSA) is 72.5 Å². The molecule has 5 nitrogen and oxygen atoms in total. The number of halogens is 1. The smallest absolute Gasteiger partial charge is 0.230 e. The van der Waals surface area contributed by atoms with E-state index in [1.165, 1.54) is 24.3 Å². The number of aromatic nitrogens is 1. The molecule has 1 aliphatic rings. The Balaban J connectivity index is 2.01. The predicted octanol–water partition coefficient (Wildman–Crippen LogP) is 2.92. The van der Waals surface area contributed by atoms with Gasteiger partial charge in [-0.2, -0.15) is 0 Å². The largest absolute Gasteiger partial charge is 0.437 e. The maximum Gasteiger partial charge on any atom is 0.230 e. The van der Waals surface area contributed by atoms with Crippen LogP contribution >= 0.6 is 0 Å². The van der Waals surface area contributed by atoms with Gasteiger partial charge < -0.3 is 4.42 Å². The molecule has 1 heterocycles. The first-order valence-corrected chi connectivity index (χ1v) is 6.49. The van der Waals surface area contributed by atoms with Gasteiger partial charge in [-0.3, -0.25) is 9.59 Å². The van der Waals surface area contributed by atoms with Crippen LogP contribution in [0.2, 0.25) is 0 Å². The number of hydrogen-bond donors (Lipinski definition) is 0. The van der Waals surface area contributed by atoms with Gasteiger partial charge in [-0.15, -0.1) is 0 Å². The molecular formula is C15H11FN2O3. The minimum atomic E-state index is -0.419. The first kappa shape index (κ1) is 13.4. The zero-order chi connectivity index (χ0) is 15.0. The van der Waals surface area contributed by atoms with Gasteiger partial charge in [-0.05, 0) is 24.3 Å². The summed E-state index contributed by atoms with van der Waals surface area (Å²) in [6, 6.07) is 5.36. The number of nitrogens with zero attached hydrogens (tertiary/aromatic N) is 2. The van der Waals surface area contributed by atoms with E-state index in [-0.39, 0.29) is 29.4 Å². The number of carbonyl (C=O) groups is 2. The second-order valence-corrected chi connectivity index (χ2v) is 4.60. The van der Waals surface area contributed by atoms with Gasteiger partial charge in [-0.25, -0.2) is 14.4 Å². The van der Waals surface area contributed by atoms with Crippen molar-refractivity contribution < 1.29 is 18.4 Å². The van der Waals surface area contributed by atoms with E-state index in [0.29, 0.717) is 18.0 Å². The standard InChI is InChI=1S/C15H11FN2O3/c1-2-12-18-13-14(20)10(7-11(19)15(13)21-12)17-9-5-3-8(16)4-6-9/h3-6H,2,7H2,1H3. The van der Waals surface area contributed by atoms with Gasteiger partial charge in [-0.1, -0.05) is 6.92 Å². The fourth-order valence-electron chi connectivity index (χ4n) is 2.07. The predicted molar refractivity (Wildman–Crippen MR) is 72.7 cm³/mol. The molecule has 6 heteroatoms. The molecule has 1 aromatic heterocycles. The number of hydrogen-bond acceptors (Lipinski definition) is 5. The van der Waals surface area contributed by atoms with E-state index in [1.807, 2.05) is 6.92 Å². The third kappa shape index (κ3) is 2.40. The third-order valence-corrected chi connectivity index (χ3v) is 3.12. The van der Waals surface area contributed by atoms with Crippen LogP contribution in [0.4, 0.5) is 10.1 Å². The molecule has 0 amide bonds. The van der Waals surface area contributed by atoms with Crippen molar-refractivity contribution in [3.8, 4) is 0 Å². The third-order valence-electron chi connectivity index (χ3n) is 3.12. The van der Waals surface area contributed by atoms with Crippen LogP contribution in [0.1, 0.15) is 40.3 Å². The average molecular weight is 286 g/mol. The van der Waals surface area contributed by atoms with E-state index in [9.17, 15) is 14.0 Å². The van der Waals surface area contributed by atoms with E-state index in [1.54, 1.807) is 0 Å². The van der Waals surface area contributed by atoms with Gasteiger partial charge in [0.05, 0.1) is 17.8 Å². The Kier molecular flexibility index (Phi) is 3.21. The number of carbonyl (C=O) groups excluding carboxylic acids is 2. The van der Waals surface area contributed by atoms with E-state index in [4.69, 9.17) is 4.42 Å². The van der Waals surface area contributed by atoms with Crippen LogP contribution in [0.3, 0.4) is 0 Å². The molecule has 0 unspecified atom stereocenters. The average Bonchev–Trinajstić information content (AvgIpc) is 2.92. The highest BCUT2D eigenvalue weighted by atomic mass is 19.1. The van der Waals surface area contributed by atoms with Crippen molar-refractivity contribution in [2.75, 3.05) is 0 Å². The number of fused-ring (bicyclic) bond motifs is 1. The minimum absolute atomic E-state index is 0.00917. The van der Waals surface area contributed by atoms with Crippen molar-refractivity contribution in [2.24, 2.45) is 4.99 Å². The summed E-state index contributed by atoms with van der Waals surface area (Å²) < 4.78 is 18.1. The summed E-state index contributed by atoms with van der Waals surface area (Å²) in [6.45, 7) is 1.82. The van der Waals surface area contributed by atoms with Gasteiger partial charge in [0, 0.05) is 6.42 Å². The fourth-order valence-corrected chi connectivity index (χ4v) is 2.07. The van der Waals surface area contributed by atoms with Crippen molar-refractivity contribution in [1.29, 1.82) is 0 Å². The normalized spacial score (nSPS) is 16.4. The van der Waals surface area contributed by atoms with Crippen molar-refractivity contribution in [1.82, 2.24) is 4.98 Å². The maximum atomic E-state index is 12.9. The number of Topliss-reactive ketones (excluding diaryl/α,β-unsaturated/α-hetero) is 2. The summed E-state index contributed by atoms with van der Waals surface area (Å²) >= 11 is 0. The lowest BCUT2D eigenvalue weighted by molar-refractivity contribution is 0.0939. The van der Waals surface area contributed by atoms with Gasteiger partial charge in [0.2, 0.25) is 17.3 Å². The van der Waals surface area contributed by atoms with Gasteiger partial charge in [0.1, 0.15) is 5.82 Å². The molecule has 0 atom stereocenters. The molecule has 1 aliphatic carbocycles. The Morgan fingerprint density at radius 3 is 2.67 bits per heavy atom. The van der Waals surface area contributed by atoms with Gasteiger partial charge >= 0.3 is 0 Å². The quantitative estimate of drug-likeness (QED) is 0.850. The van der Waals surface area contributed by atoms with Crippen LogP contribution in [0, 0.1) is 5.82 Å². The molecule has 0 aliphatic heterocycles. The first-order valence-electron chi connectivity index (χ1n) is 6.49. The van der Waals surface area contributed by atoms with Crippen molar-refractivity contribution in [3.63, 3.8) is 0 Å². The molecule has 0 fully saturated rings. The second kappa shape index (κ2) is 5.05. The molecule has 0 bridgehead atoms. The highest BCUT2D eigenvalue weighted by molar-refractivity contribution is 6.52. The molecule has 3 rings (SSSR count). The minimum Gasteiger partial charge on any atom is -0.437 e. The van der Waals surface area contributed by atoms with Crippen LogP contribution in [0.15, 0.2) is 33.7 Å². The molecule has 0 saturated carbocycles. The first-order chi connectivity index (χ1) is 10.1. The Bertz CT molecular complexity index is 760. The number of aliphatic imine (C=N–C) groups is 1. The Morgan fingerprint density at radius 2 is 2.00 bits per heavy atom. The number of aryl methyl sites for hydroxylation is 1. The summed E-state index contributed by atoms with van der Waals surface area (Å²) in [5, 5.41) is 0. The number of rotatable bonds is 2. The zero-order valence-corrected chi connectivity index (χ0v) is 11.2. The summed E-state index contributed by atoms with van der Waals surface area (Å²) in [7, 11) is 0.